The molecular weight excluding hydrogens is 444 g/mol. The number of benzene rings is 2. The number of hydrogen-bond donors (Lipinski definition) is 0. The summed E-state index contributed by atoms with van der Waals surface area (Å²) in [7, 11) is 0. The highest BCUT2D eigenvalue weighted by Crippen LogP contribution is 2.34. The van der Waals surface area contributed by atoms with Crippen molar-refractivity contribution >= 4 is 38.3 Å². The Kier molecular flexibility index (Phi) is 6.63. The van der Waals surface area contributed by atoms with Gasteiger partial charge in [-0.25, -0.2) is 4.98 Å². The quantitative estimate of drug-likeness (QED) is 0.523. The van der Waals surface area contributed by atoms with Gasteiger partial charge in [0.05, 0.1) is 22.7 Å². The van der Waals surface area contributed by atoms with Crippen LogP contribution < -0.4 is 14.5 Å². The number of carbonyl (C=O) groups excluding carboxylic acids is 1. The van der Waals surface area contributed by atoms with E-state index in [1.54, 1.807) is 11.3 Å². The monoisotopic (exact) mass is 478 g/mol. The molecule has 2 fully saturated rings. The molecule has 3 aromatic rings. The van der Waals surface area contributed by atoms with Crippen LogP contribution in [-0.4, -0.2) is 61.7 Å². The van der Waals surface area contributed by atoms with E-state index in [2.05, 4.69) is 52.8 Å². The molecular formula is C27H34N4O2S. The van der Waals surface area contributed by atoms with E-state index in [0.717, 1.165) is 73.2 Å². The van der Waals surface area contributed by atoms with Crippen LogP contribution in [0.4, 0.5) is 10.8 Å². The molecule has 1 aromatic heterocycles. The van der Waals surface area contributed by atoms with Gasteiger partial charge >= 0.3 is 0 Å². The lowest BCUT2D eigenvalue weighted by Crippen LogP contribution is -2.52. The van der Waals surface area contributed by atoms with Crippen LogP contribution in [0.3, 0.4) is 0 Å². The molecule has 0 spiro atoms. The van der Waals surface area contributed by atoms with Crippen molar-refractivity contribution in [2.45, 2.75) is 33.6 Å². The van der Waals surface area contributed by atoms with Crippen LogP contribution in [0.2, 0.25) is 0 Å². The van der Waals surface area contributed by atoms with E-state index in [4.69, 9.17) is 9.72 Å². The van der Waals surface area contributed by atoms with E-state index in [9.17, 15) is 4.79 Å². The molecule has 2 aliphatic heterocycles. The SMILES string of the molecule is CCOc1ccc2nc(N3CCC[C@H](C(=O)N4CCN(c5cccc(C)c5C)CC4)C3)sc2c1. The summed E-state index contributed by atoms with van der Waals surface area (Å²) in [6, 6.07) is 12.6. The van der Waals surface area contributed by atoms with E-state index >= 15 is 0 Å². The number of anilines is 2. The molecule has 180 valence electrons. The third-order valence-electron chi connectivity index (χ3n) is 7.21. The average Bonchev–Trinajstić information content (AvgIpc) is 3.29. The average molecular weight is 479 g/mol. The summed E-state index contributed by atoms with van der Waals surface area (Å²) >= 11 is 1.70. The van der Waals surface area contributed by atoms with Crippen molar-refractivity contribution < 1.29 is 9.53 Å². The molecule has 34 heavy (non-hydrogen) atoms. The number of carbonyl (C=O) groups is 1. The zero-order valence-electron chi connectivity index (χ0n) is 20.4. The minimum atomic E-state index is 0.0482. The molecule has 5 rings (SSSR count). The van der Waals surface area contributed by atoms with Crippen molar-refractivity contribution in [2.75, 3.05) is 55.7 Å². The predicted octanol–water partition coefficient (Wildman–Crippen LogP) is 4.88. The van der Waals surface area contributed by atoms with Crippen molar-refractivity contribution in [1.29, 1.82) is 0 Å². The molecule has 7 heteroatoms. The van der Waals surface area contributed by atoms with Gasteiger partial charge in [-0.1, -0.05) is 23.5 Å². The normalized spacial score (nSPS) is 19.0. The van der Waals surface area contributed by atoms with Crippen molar-refractivity contribution in [2.24, 2.45) is 5.92 Å². The van der Waals surface area contributed by atoms with Gasteiger partial charge in [-0.05, 0) is 69.0 Å². The smallest absolute Gasteiger partial charge is 0.227 e. The van der Waals surface area contributed by atoms with Gasteiger partial charge < -0.3 is 19.4 Å². The number of aryl methyl sites for hydroxylation is 1. The van der Waals surface area contributed by atoms with Gasteiger partial charge in [0.15, 0.2) is 5.13 Å². The summed E-state index contributed by atoms with van der Waals surface area (Å²) in [6.07, 6.45) is 1.99. The first-order valence-electron chi connectivity index (χ1n) is 12.4. The lowest BCUT2D eigenvalue weighted by atomic mass is 9.96. The number of thiazole rings is 1. The van der Waals surface area contributed by atoms with Crippen LogP contribution in [0, 0.1) is 19.8 Å². The number of aromatic nitrogens is 1. The van der Waals surface area contributed by atoms with E-state index in [-0.39, 0.29) is 5.92 Å². The largest absolute Gasteiger partial charge is 0.494 e. The third kappa shape index (κ3) is 4.58. The molecule has 0 N–H and O–H groups in total. The van der Waals surface area contributed by atoms with Crippen LogP contribution in [0.5, 0.6) is 5.75 Å². The lowest BCUT2D eigenvalue weighted by Gasteiger charge is -2.40. The zero-order valence-corrected chi connectivity index (χ0v) is 21.2. The van der Waals surface area contributed by atoms with Crippen LogP contribution in [0.1, 0.15) is 30.9 Å². The first-order chi connectivity index (χ1) is 16.5. The van der Waals surface area contributed by atoms with Crippen molar-refractivity contribution in [3.8, 4) is 5.75 Å². The summed E-state index contributed by atoms with van der Waals surface area (Å²) in [4.78, 5) is 25.1. The Balaban J connectivity index is 1.22. The van der Waals surface area contributed by atoms with Crippen LogP contribution >= 0.6 is 11.3 Å². The number of fused-ring (bicyclic) bond motifs is 1. The Labute approximate surface area is 206 Å². The molecule has 0 aliphatic carbocycles. The standard InChI is InChI=1S/C27H34N4O2S/c1-4-33-22-10-11-23-25(17-22)34-27(28-23)31-12-6-8-21(18-31)26(32)30-15-13-29(14-16-30)24-9-5-7-19(2)20(24)3/h5,7,9-11,17,21H,4,6,8,12-16,18H2,1-3H3/t21-/m0/s1. The number of piperidine rings is 1. The maximum atomic E-state index is 13.4. The molecule has 3 heterocycles. The van der Waals surface area contributed by atoms with Gasteiger partial charge in [0.1, 0.15) is 5.75 Å². The van der Waals surface area contributed by atoms with Crippen LogP contribution in [0.15, 0.2) is 36.4 Å². The molecule has 1 amide bonds. The van der Waals surface area contributed by atoms with Crippen molar-refractivity contribution in [3.63, 3.8) is 0 Å². The number of amides is 1. The maximum Gasteiger partial charge on any atom is 0.227 e. The highest BCUT2D eigenvalue weighted by molar-refractivity contribution is 7.22. The molecule has 6 nitrogen and oxygen atoms in total. The zero-order chi connectivity index (χ0) is 23.7. The van der Waals surface area contributed by atoms with Gasteiger partial charge in [-0.15, -0.1) is 0 Å². The van der Waals surface area contributed by atoms with Gasteiger partial charge in [0.25, 0.3) is 0 Å². The van der Waals surface area contributed by atoms with E-state index in [1.165, 1.54) is 16.8 Å². The Morgan fingerprint density at radius 3 is 2.71 bits per heavy atom. The molecule has 2 aromatic carbocycles. The summed E-state index contributed by atoms with van der Waals surface area (Å²) < 4.78 is 6.78. The van der Waals surface area contributed by atoms with Crippen LogP contribution in [-0.2, 0) is 4.79 Å². The maximum absolute atomic E-state index is 13.4. The summed E-state index contributed by atoms with van der Waals surface area (Å²) in [5.74, 6) is 1.24. The fourth-order valence-electron chi connectivity index (χ4n) is 5.14. The van der Waals surface area contributed by atoms with Gasteiger partial charge in [0, 0.05) is 45.0 Å². The fourth-order valence-corrected chi connectivity index (χ4v) is 6.17. The second-order valence-corrected chi connectivity index (χ2v) is 10.4. The highest BCUT2D eigenvalue weighted by Gasteiger charge is 2.32. The van der Waals surface area contributed by atoms with Gasteiger partial charge in [-0.3, -0.25) is 4.79 Å². The summed E-state index contributed by atoms with van der Waals surface area (Å²) in [5, 5.41) is 1.01. The van der Waals surface area contributed by atoms with Crippen LogP contribution in [0.25, 0.3) is 10.2 Å². The van der Waals surface area contributed by atoms with Gasteiger partial charge in [0.2, 0.25) is 5.91 Å². The lowest BCUT2D eigenvalue weighted by molar-refractivity contribution is -0.136. The minimum Gasteiger partial charge on any atom is -0.494 e. The highest BCUT2D eigenvalue weighted by atomic mass is 32.1. The molecule has 2 saturated heterocycles. The third-order valence-corrected chi connectivity index (χ3v) is 8.29. The Hall–Kier alpha value is -2.80. The Bertz CT molecular complexity index is 1170. The summed E-state index contributed by atoms with van der Waals surface area (Å²) in [5.41, 5.74) is 4.97. The second kappa shape index (κ2) is 9.82. The number of hydrogen-bond acceptors (Lipinski definition) is 6. The Morgan fingerprint density at radius 2 is 1.91 bits per heavy atom. The van der Waals surface area contributed by atoms with Crippen molar-refractivity contribution in [1.82, 2.24) is 9.88 Å². The molecule has 0 saturated carbocycles. The molecule has 0 bridgehead atoms. The van der Waals surface area contributed by atoms with E-state index in [1.807, 2.05) is 19.1 Å². The first kappa shape index (κ1) is 23.0. The number of rotatable bonds is 5. The summed E-state index contributed by atoms with van der Waals surface area (Å²) in [6.45, 7) is 12.1. The predicted molar refractivity (Wildman–Crippen MR) is 140 cm³/mol. The topological polar surface area (TPSA) is 48.9 Å². The molecule has 0 unspecified atom stereocenters. The Morgan fingerprint density at radius 1 is 1.09 bits per heavy atom. The molecule has 2 aliphatic rings. The second-order valence-electron chi connectivity index (χ2n) is 9.38. The van der Waals surface area contributed by atoms with E-state index < -0.39 is 0 Å². The minimum absolute atomic E-state index is 0.0482. The first-order valence-corrected chi connectivity index (χ1v) is 13.2. The van der Waals surface area contributed by atoms with E-state index in [0.29, 0.717) is 12.5 Å². The molecule has 1 atom stereocenters. The number of nitrogens with zero attached hydrogens (tertiary/aromatic N) is 4. The fraction of sp³-hybridized carbons (Fsp3) is 0.481. The van der Waals surface area contributed by atoms with Crippen molar-refractivity contribution in [3.05, 3.63) is 47.5 Å². The number of ether oxygens (including phenoxy) is 1. The van der Waals surface area contributed by atoms with Gasteiger partial charge in [-0.2, -0.15) is 0 Å². The number of piperazine rings is 1. The molecule has 0 radical (unpaired) electrons.